The highest BCUT2D eigenvalue weighted by atomic mass is 16.6. The molecule has 4 N–H and O–H groups in total. The molecule has 1 atom stereocenters. The van der Waals surface area contributed by atoms with E-state index in [-0.39, 0.29) is 12.6 Å². The smallest absolute Gasteiger partial charge is 0.411 e. The number of aliphatic hydroxyl groups is 1. The molecule has 2 aromatic carbocycles. The van der Waals surface area contributed by atoms with Crippen molar-refractivity contribution in [2.24, 2.45) is 0 Å². The Hall–Kier alpha value is -3.06. The van der Waals surface area contributed by atoms with Gasteiger partial charge in [0.1, 0.15) is 6.61 Å². The Labute approximate surface area is 146 Å². The number of urea groups is 1. The van der Waals surface area contributed by atoms with Crippen LogP contribution < -0.4 is 16.0 Å². The number of aliphatic hydroxyl groups excluding tert-OH is 1. The summed E-state index contributed by atoms with van der Waals surface area (Å²) >= 11 is 0. The van der Waals surface area contributed by atoms with Crippen LogP contribution in [-0.2, 0) is 4.74 Å². The van der Waals surface area contributed by atoms with E-state index in [4.69, 9.17) is 9.84 Å². The van der Waals surface area contributed by atoms with Crippen LogP contribution >= 0.6 is 0 Å². The summed E-state index contributed by atoms with van der Waals surface area (Å²) in [4.78, 5) is 23.7. The molecule has 0 saturated carbocycles. The van der Waals surface area contributed by atoms with Gasteiger partial charge in [0.2, 0.25) is 0 Å². The first-order valence-corrected chi connectivity index (χ1v) is 7.79. The molecule has 0 bridgehead atoms. The highest BCUT2D eigenvalue weighted by molar-refractivity contribution is 6.00. The SMILES string of the molecule is Cc1ccc(NC(=O)OCC(C)O)cc1NC(=O)Nc1ccccc1. The molecule has 132 valence electrons. The number of amides is 3. The van der Waals surface area contributed by atoms with Crippen LogP contribution in [0, 0.1) is 6.92 Å². The van der Waals surface area contributed by atoms with Crippen molar-refractivity contribution < 1.29 is 19.4 Å². The maximum absolute atomic E-state index is 12.1. The van der Waals surface area contributed by atoms with Gasteiger partial charge in [-0.25, -0.2) is 9.59 Å². The Kier molecular flexibility index (Phi) is 6.36. The van der Waals surface area contributed by atoms with Gasteiger partial charge in [-0.1, -0.05) is 24.3 Å². The normalized spacial score (nSPS) is 11.3. The average molecular weight is 343 g/mol. The molecule has 0 heterocycles. The van der Waals surface area contributed by atoms with Crippen molar-refractivity contribution in [2.75, 3.05) is 22.6 Å². The molecule has 2 rings (SSSR count). The zero-order chi connectivity index (χ0) is 18.2. The molecule has 0 saturated heterocycles. The molecule has 7 nitrogen and oxygen atoms in total. The zero-order valence-corrected chi connectivity index (χ0v) is 14.1. The summed E-state index contributed by atoms with van der Waals surface area (Å²) in [5.74, 6) is 0. The van der Waals surface area contributed by atoms with E-state index in [0.29, 0.717) is 17.1 Å². The lowest BCUT2D eigenvalue weighted by atomic mass is 10.2. The number of ether oxygens (including phenoxy) is 1. The Morgan fingerprint density at radius 2 is 1.76 bits per heavy atom. The van der Waals surface area contributed by atoms with Crippen LogP contribution in [0.2, 0.25) is 0 Å². The third-order valence-electron chi connectivity index (χ3n) is 3.22. The molecule has 1 unspecified atom stereocenters. The van der Waals surface area contributed by atoms with Gasteiger partial charge in [-0.3, -0.25) is 5.32 Å². The summed E-state index contributed by atoms with van der Waals surface area (Å²) < 4.78 is 4.84. The lowest BCUT2D eigenvalue weighted by Crippen LogP contribution is -2.21. The van der Waals surface area contributed by atoms with Gasteiger partial charge in [-0.2, -0.15) is 0 Å². The fourth-order valence-electron chi connectivity index (χ4n) is 1.99. The van der Waals surface area contributed by atoms with Crippen molar-refractivity contribution in [1.82, 2.24) is 0 Å². The second-order valence-electron chi connectivity index (χ2n) is 5.55. The van der Waals surface area contributed by atoms with E-state index in [2.05, 4.69) is 16.0 Å². The maximum atomic E-state index is 12.1. The molecule has 7 heteroatoms. The summed E-state index contributed by atoms with van der Waals surface area (Å²) in [5.41, 5.74) is 2.54. The number of carbonyl (C=O) groups excluding carboxylic acids is 2. The lowest BCUT2D eigenvalue weighted by Gasteiger charge is -2.13. The second-order valence-corrected chi connectivity index (χ2v) is 5.55. The minimum Gasteiger partial charge on any atom is -0.447 e. The van der Waals surface area contributed by atoms with Crippen LogP contribution in [0.5, 0.6) is 0 Å². The predicted octanol–water partition coefficient (Wildman–Crippen LogP) is 3.57. The third kappa shape index (κ3) is 6.15. The van der Waals surface area contributed by atoms with Crippen LogP contribution in [0.15, 0.2) is 48.5 Å². The molecule has 2 aromatic rings. The summed E-state index contributed by atoms with van der Waals surface area (Å²) in [5, 5.41) is 17.1. The van der Waals surface area contributed by atoms with Crippen molar-refractivity contribution in [3.63, 3.8) is 0 Å². The van der Waals surface area contributed by atoms with Crippen LogP contribution in [0.25, 0.3) is 0 Å². The average Bonchev–Trinajstić information content (AvgIpc) is 2.57. The number of aryl methyl sites for hydroxylation is 1. The van der Waals surface area contributed by atoms with Crippen LogP contribution in [0.4, 0.5) is 26.7 Å². The topological polar surface area (TPSA) is 99.7 Å². The van der Waals surface area contributed by atoms with Gasteiger partial charge in [-0.05, 0) is 43.7 Å². The lowest BCUT2D eigenvalue weighted by molar-refractivity contribution is 0.0858. The van der Waals surface area contributed by atoms with Crippen molar-refractivity contribution in [3.05, 3.63) is 54.1 Å². The van der Waals surface area contributed by atoms with Crippen molar-refractivity contribution in [2.45, 2.75) is 20.0 Å². The van der Waals surface area contributed by atoms with E-state index in [1.165, 1.54) is 6.92 Å². The Morgan fingerprint density at radius 1 is 1.04 bits per heavy atom. The maximum Gasteiger partial charge on any atom is 0.411 e. The second kappa shape index (κ2) is 8.70. The Balaban J connectivity index is 1.98. The number of hydrogen-bond acceptors (Lipinski definition) is 4. The number of hydrogen-bond donors (Lipinski definition) is 4. The monoisotopic (exact) mass is 343 g/mol. The van der Waals surface area contributed by atoms with Gasteiger partial charge in [0.15, 0.2) is 0 Å². The highest BCUT2D eigenvalue weighted by Gasteiger charge is 2.09. The number of rotatable bonds is 5. The van der Waals surface area contributed by atoms with Crippen molar-refractivity contribution in [3.8, 4) is 0 Å². The number of nitrogens with one attached hydrogen (secondary N) is 3. The summed E-state index contributed by atoms with van der Waals surface area (Å²) in [6, 6.07) is 13.8. The molecule has 0 aliphatic heterocycles. The Morgan fingerprint density at radius 3 is 2.44 bits per heavy atom. The van der Waals surface area contributed by atoms with Gasteiger partial charge in [0.05, 0.1) is 6.10 Å². The summed E-state index contributed by atoms with van der Waals surface area (Å²) in [6.07, 6.45) is -1.41. The fourth-order valence-corrected chi connectivity index (χ4v) is 1.99. The first-order chi connectivity index (χ1) is 11.9. The van der Waals surface area contributed by atoms with Crippen molar-refractivity contribution >= 4 is 29.2 Å². The van der Waals surface area contributed by atoms with Crippen LogP contribution in [-0.4, -0.2) is 29.9 Å². The van der Waals surface area contributed by atoms with E-state index in [0.717, 1.165) is 5.56 Å². The van der Waals surface area contributed by atoms with Crippen molar-refractivity contribution in [1.29, 1.82) is 0 Å². The zero-order valence-electron chi connectivity index (χ0n) is 14.1. The third-order valence-corrected chi connectivity index (χ3v) is 3.22. The molecular formula is C18H21N3O4. The molecule has 0 fully saturated rings. The van der Waals surface area contributed by atoms with Crippen LogP contribution in [0.1, 0.15) is 12.5 Å². The number of benzene rings is 2. The first-order valence-electron chi connectivity index (χ1n) is 7.79. The molecule has 0 aliphatic carbocycles. The predicted molar refractivity (Wildman–Crippen MR) is 96.9 cm³/mol. The molecule has 25 heavy (non-hydrogen) atoms. The van der Waals surface area contributed by atoms with Gasteiger partial charge in [0.25, 0.3) is 0 Å². The van der Waals surface area contributed by atoms with E-state index in [9.17, 15) is 9.59 Å². The first kappa shape index (κ1) is 18.3. The molecule has 0 spiro atoms. The molecule has 0 aliphatic rings. The quantitative estimate of drug-likeness (QED) is 0.667. The molecule has 3 amide bonds. The van der Waals surface area contributed by atoms with E-state index < -0.39 is 12.2 Å². The number of para-hydroxylation sites is 1. The molecule has 0 radical (unpaired) electrons. The van der Waals surface area contributed by atoms with Gasteiger partial charge < -0.3 is 20.5 Å². The fraction of sp³-hybridized carbons (Fsp3) is 0.222. The molecule has 0 aromatic heterocycles. The number of carbonyl (C=O) groups is 2. The van der Waals surface area contributed by atoms with Gasteiger partial charge in [-0.15, -0.1) is 0 Å². The number of anilines is 3. The highest BCUT2D eigenvalue weighted by Crippen LogP contribution is 2.21. The largest absolute Gasteiger partial charge is 0.447 e. The van der Waals surface area contributed by atoms with Crippen LogP contribution in [0.3, 0.4) is 0 Å². The minimum absolute atomic E-state index is 0.0950. The molecular weight excluding hydrogens is 322 g/mol. The van der Waals surface area contributed by atoms with Gasteiger partial charge >= 0.3 is 12.1 Å². The minimum atomic E-state index is -0.734. The summed E-state index contributed by atoms with van der Waals surface area (Å²) in [7, 11) is 0. The standard InChI is InChI=1S/C18H21N3O4/c1-12-8-9-15(20-18(24)25-11-13(2)22)10-16(12)21-17(23)19-14-6-4-3-5-7-14/h3-10,13,22H,11H2,1-2H3,(H,20,24)(H2,19,21,23). The summed E-state index contributed by atoms with van der Waals surface area (Å²) in [6.45, 7) is 3.27. The van der Waals surface area contributed by atoms with E-state index >= 15 is 0 Å². The van der Waals surface area contributed by atoms with Gasteiger partial charge in [0, 0.05) is 17.1 Å². The van der Waals surface area contributed by atoms with E-state index in [1.807, 2.05) is 25.1 Å². The van der Waals surface area contributed by atoms with E-state index in [1.54, 1.807) is 30.3 Å². The Bertz CT molecular complexity index is 732.